The number of ether oxygens (including phenoxy) is 1. The number of carbonyl (C=O) groups is 1. The fourth-order valence-corrected chi connectivity index (χ4v) is 2.44. The van der Waals surface area contributed by atoms with Crippen molar-refractivity contribution in [2.75, 3.05) is 17.7 Å². The van der Waals surface area contributed by atoms with Crippen molar-refractivity contribution in [3.63, 3.8) is 0 Å². The van der Waals surface area contributed by atoms with E-state index in [1.807, 2.05) is 37.3 Å². The van der Waals surface area contributed by atoms with E-state index in [-0.39, 0.29) is 17.6 Å². The fraction of sp³-hybridized carbons (Fsp3) is 0.150. The molecule has 2 aromatic carbocycles. The molecule has 1 heterocycles. The Labute approximate surface area is 152 Å². The van der Waals surface area contributed by atoms with Crippen LogP contribution in [0.25, 0.3) is 0 Å². The van der Waals surface area contributed by atoms with Gasteiger partial charge >= 0.3 is 0 Å². The molecule has 1 amide bonds. The average Bonchev–Trinajstić information content (AvgIpc) is 2.69. The SMILES string of the molecule is COc1ccc(NC(=O)c2cnc(NC(C)c3ccccc3)cn2)cc1. The Balaban J connectivity index is 1.62. The van der Waals surface area contributed by atoms with E-state index in [2.05, 4.69) is 20.6 Å². The number of benzene rings is 2. The van der Waals surface area contributed by atoms with E-state index in [1.54, 1.807) is 37.6 Å². The molecular formula is C20H20N4O2. The van der Waals surface area contributed by atoms with Gasteiger partial charge in [0.2, 0.25) is 0 Å². The molecule has 0 radical (unpaired) electrons. The van der Waals surface area contributed by atoms with E-state index in [0.29, 0.717) is 11.5 Å². The predicted molar refractivity (Wildman–Crippen MR) is 101 cm³/mol. The number of aromatic nitrogens is 2. The van der Waals surface area contributed by atoms with Crippen molar-refractivity contribution in [3.05, 3.63) is 78.2 Å². The third-order valence-corrected chi connectivity index (χ3v) is 3.90. The van der Waals surface area contributed by atoms with Gasteiger partial charge in [-0.25, -0.2) is 9.97 Å². The molecule has 0 saturated carbocycles. The standard InChI is InChI=1S/C20H20N4O2/c1-14(15-6-4-3-5-7-15)23-19-13-21-18(12-22-19)20(25)24-16-8-10-17(26-2)11-9-16/h3-14H,1-2H3,(H,22,23)(H,24,25). The number of hydrogen-bond acceptors (Lipinski definition) is 5. The third-order valence-electron chi connectivity index (χ3n) is 3.90. The van der Waals surface area contributed by atoms with Gasteiger partial charge in [-0.3, -0.25) is 4.79 Å². The molecule has 0 spiro atoms. The zero-order valence-corrected chi connectivity index (χ0v) is 14.6. The highest BCUT2D eigenvalue weighted by molar-refractivity contribution is 6.02. The van der Waals surface area contributed by atoms with Crippen LogP contribution in [0.2, 0.25) is 0 Å². The number of hydrogen-bond donors (Lipinski definition) is 2. The van der Waals surface area contributed by atoms with Gasteiger partial charge in [0, 0.05) is 11.7 Å². The summed E-state index contributed by atoms with van der Waals surface area (Å²) in [7, 11) is 1.59. The molecule has 6 heteroatoms. The van der Waals surface area contributed by atoms with Crippen molar-refractivity contribution in [3.8, 4) is 5.75 Å². The van der Waals surface area contributed by atoms with Crippen LogP contribution in [0.5, 0.6) is 5.75 Å². The number of methoxy groups -OCH3 is 1. The van der Waals surface area contributed by atoms with Crippen molar-refractivity contribution in [1.29, 1.82) is 0 Å². The van der Waals surface area contributed by atoms with Crippen molar-refractivity contribution < 1.29 is 9.53 Å². The van der Waals surface area contributed by atoms with Gasteiger partial charge in [0.25, 0.3) is 5.91 Å². The normalized spacial score (nSPS) is 11.5. The minimum atomic E-state index is -0.315. The fourth-order valence-electron chi connectivity index (χ4n) is 2.44. The summed E-state index contributed by atoms with van der Waals surface area (Å²) in [5.74, 6) is 1.03. The highest BCUT2D eigenvalue weighted by Gasteiger charge is 2.10. The van der Waals surface area contributed by atoms with E-state index < -0.39 is 0 Å². The summed E-state index contributed by atoms with van der Waals surface area (Å²) in [6.07, 6.45) is 3.02. The van der Waals surface area contributed by atoms with Crippen LogP contribution in [-0.2, 0) is 0 Å². The van der Waals surface area contributed by atoms with Crippen LogP contribution < -0.4 is 15.4 Å². The number of nitrogens with zero attached hydrogens (tertiary/aromatic N) is 2. The highest BCUT2D eigenvalue weighted by Crippen LogP contribution is 2.18. The minimum Gasteiger partial charge on any atom is -0.497 e. The quantitative estimate of drug-likeness (QED) is 0.706. The molecule has 1 unspecified atom stereocenters. The van der Waals surface area contributed by atoms with Crippen molar-refractivity contribution >= 4 is 17.4 Å². The summed E-state index contributed by atoms with van der Waals surface area (Å²) in [6.45, 7) is 2.04. The van der Waals surface area contributed by atoms with Crippen molar-refractivity contribution in [2.24, 2.45) is 0 Å². The van der Waals surface area contributed by atoms with Gasteiger partial charge in [0.1, 0.15) is 17.3 Å². The second-order valence-electron chi connectivity index (χ2n) is 5.75. The largest absolute Gasteiger partial charge is 0.497 e. The highest BCUT2D eigenvalue weighted by atomic mass is 16.5. The second kappa shape index (κ2) is 8.11. The second-order valence-corrected chi connectivity index (χ2v) is 5.75. The number of nitrogens with one attached hydrogen (secondary N) is 2. The van der Waals surface area contributed by atoms with Crippen LogP contribution in [0.4, 0.5) is 11.5 Å². The summed E-state index contributed by atoms with van der Waals surface area (Å²) in [5.41, 5.74) is 2.06. The van der Waals surface area contributed by atoms with Gasteiger partial charge < -0.3 is 15.4 Å². The lowest BCUT2D eigenvalue weighted by Crippen LogP contribution is -2.15. The van der Waals surface area contributed by atoms with E-state index in [0.717, 1.165) is 11.3 Å². The molecular weight excluding hydrogens is 328 g/mol. The summed E-state index contributed by atoms with van der Waals surface area (Å²) in [5, 5.41) is 6.05. The number of carbonyl (C=O) groups excluding carboxylic acids is 1. The molecule has 0 saturated heterocycles. The molecule has 1 aromatic heterocycles. The lowest BCUT2D eigenvalue weighted by Gasteiger charge is -2.14. The molecule has 0 fully saturated rings. The lowest BCUT2D eigenvalue weighted by molar-refractivity contribution is 0.102. The number of rotatable bonds is 6. The first-order valence-corrected chi connectivity index (χ1v) is 8.24. The zero-order chi connectivity index (χ0) is 18.4. The van der Waals surface area contributed by atoms with E-state index in [4.69, 9.17) is 4.74 Å². The Bertz CT molecular complexity index is 849. The predicted octanol–water partition coefficient (Wildman–Crippen LogP) is 3.91. The smallest absolute Gasteiger partial charge is 0.275 e. The Morgan fingerprint density at radius 1 is 1.00 bits per heavy atom. The van der Waals surface area contributed by atoms with Gasteiger partial charge in [-0.15, -0.1) is 0 Å². The van der Waals surface area contributed by atoms with Crippen molar-refractivity contribution in [2.45, 2.75) is 13.0 Å². The molecule has 0 bridgehead atoms. The summed E-state index contributed by atoms with van der Waals surface area (Å²) < 4.78 is 5.09. The molecule has 132 valence electrons. The van der Waals surface area contributed by atoms with Gasteiger partial charge in [0.15, 0.2) is 0 Å². The summed E-state index contributed by atoms with van der Waals surface area (Å²) >= 11 is 0. The minimum absolute atomic E-state index is 0.0875. The first kappa shape index (κ1) is 17.4. The molecule has 26 heavy (non-hydrogen) atoms. The molecule has 0 aliphatic carbocycles. The van der Waals surface area contributed by atoms with Crippen LogP contribution in [-0.4, -0.2) is 23.0 Å². The maximum absolute atomic E-state index is 12.3. The third kappa shape index (κ3) is 4.36. The van der Waals surface area contributed by atoms with E-state index in [9.17, 15) is 4.79 Å². The number of anilines is 2. The van der Waals surface area contributed by atoms with Crippen LogP contribution >= 0.6 is 0 Å². The first-order valence-electron chi connectivity index (χ1n) is 8.24. The van der Waals surface area contributed by atoms with Crippen LogP contribution in [0.15, 0.2) is 67.0 Å². The maximum Gasteiger partial charge on any atom is 0.275 e. The van der Waals surface area contributed by atoms with Gasteiger partial charge in [-0.1, -0.05) is 30.3 Å². The molecule has 3 aromatic rings. The van der Waals surface area contributed by atoms with E-state index in [1.165, 1.54) is 6.20 Å². The Morgan fingerprint density at radius 3 is 2.35 bits per heavy atom. The van der Waals surface area contributed by atoms with Crippen LogP contribution in [0.3, 0.4) is 0 Å². The van der Waals surface area contributed by atoms with E-state index >= 15 is 0 Å². The Morgan fingerprint density at radius 2 is 1.73 bits per heavy atom. The lowest BCUT2D eigenvalue weighted by atomic mass is 10.1. The maximum atomic E-state index is 12.3. The Kier molecular flexibility index (Phi) is 5.43. The molecule has 3 rings (SSSR count). The average molecular weight is 348 g/mol. The van der Waals surface area contributed by atoms with Crippen molar-refractivity contribution in [1.82, 2.24) is 9.97 Å². The molecule has 6 nitrogen and oxygen atoms in total. The molecule has 0 aliphatic rings. The Hall–Kier alpha value is -3.41. The van der Waals surface area contributed by atoms with Gasteiger partial charge in [-0.2, -0.15) is 0 Å². The molecule has 2 N–H and O–H groups in total. The molecule has 0 aliphatic heterocycles. The zero-order valence-electron chi connectivity index (χ0n) is 14.6. The monoisotopic (exact) mass is 348 g/mol. The molecule has 1 atom stereocenters. The van der Waals surface area contributed by atoms with Gasteiger partial charge in [0.05, 0.1) is 19.5 Å². The summed E-state index contributed by atoms with van der Waals surface area (Å²) in [6, 6.07) is 17.2. The number of amides is 1. The summed E-state index contributed by atoms with van der Waals surface area (Å²) in [4.78, 5) is 20.7. The van der Waals surface area contributed by atoms with Gasteiger partial charge in [-0.05, 0) is 36.8 Å². The topological polar surface area (TPSA) is 76.1 Å². The van der Waals surface area contributed by atoms with Crippen LogP contribution in [0.1, 0.15) is 29.0 Å². The van der Waals surface area contributed by atoms with Crippen LogP contribution in [0, 0.1) is 0 Å². The first-order chi connectivity index (χ1) is 12.7.